The fourth-order valence-electron chi connectivity index (χ4n) is 1.44. The van der Waals surface area contributed by atoms with Gasteiger partial charge in [0.1, 0.15) is 0 Å². The zero-order valence-electron chi connectivity index (χ0n) is 10.0. The molecule has 0 unspecified atom stereocenters. The van der Waals surface area contributed by atoms with Crippen LogP contribution in [0.3, 0.4) is 0 Å². The van der Waals surface area contributed by atoms with E-state index in [0.29, 0.717) is 18.2 Å². The van der Waals surface area contributed by atoms with Gasteiger partial charge in [-0.3, -0.25) is 4.79 Å². The van der Waals surface area contributed by atoms with Crippen LogP contribution in [-0.2, 0) is 10.7 Å². The van der Waals surface area contributed by atoms with Gasteiger partial charge in [-0.2, -0.15) is 22.0 Å². The van der Waals surface area contributed by atoms with Gasteiger partial charge in [-0.1, -0.05) is 12.1 Å². The van der Waals surface area contributed by atoms with Gasteiger partial charge in [0.2, 0.25) is 5.91 Å². The van der Waals surface area contributed by atoms with Crippen LogP contribution in [-0.4, -0.2) is 29.2 Å². The molecule has 1 rings (SSSR count). The van der Waals surface area contributed by atoms with Crippen LogP contribution in [0.2, 0.25) is 0 Å². The maximum Gasteiger partial charge on any atom is 0.488 e. The molecule has 0 aliphatic rings. The molecule has 110 valence electrons. The number of benzene rings is 1. The Morgan fingerprint density at radius 3 is 2.15 bits per heavy atom. The van der Waals surface area contributed by atoms with E-state index in [1.807, 2.05) is 0 Å². The third-order valence-electron chi connectivity index (χ3n) is 2.35. The van der Waals surface area contributed by atoms with Crippen LogP contribution < -0.4 is 10.8 Å². The molecule has 0 spiro atoms. The fraction of sp³-hybridized carbons (Fsp3) is 0.300. The molecular weight excluding hydrogens is 288 g/mol. The second-order valence-corrected chi connectivity index (χ2v) is 3.93. The highest BCUT2D eigenvalue weighted by Crippen LogP contribution is 2.46. The van der Waals surface area contributed by atoms with Crippen LogP contribution >= 0.6 is 0 Å². The summed E-state index contributed by atoms with van der Waals surface area (Å²) in [4.78, 5) is 10.9. The average Bonchev–Trinajstić information content (AvgIpc) is 2.26. The van der Waals surface area contributed by atoms with Gasteiger partial charge >= 0.3 is 19.2 Å². The number of carbonyl (C=O) groups is 1. The monoisotopic (exact) mass is 297 g/mol. The Morgan fingerprint density at radius 2 is 1.75 bits per heavy atom. The van der Waals surface area contributed by atoms with E-state index in [4.69, 9.17) is 10.0 Å². The smallest absolute Gasteiger partial charge is 0.423 e. The van der Waals surface area contributed by atoms with Crippen molar-refractivity contribution in [3.8, 4) is 0 Å². The number of rotatable bonds is 3. The molecule has 0 aliphatic heterocycles. The van der Waals surface area contributed by atoms with Gasteiger partial charge in [-0.15, -0.1) is 0 Å². The number of alkyl halides is 5. The van der Waals surface area contributed by atoms with Crippen molar-refractivity contribution in [3.05, 3.63) is 23.8 Å². The second-order valence-electron chi connectivity index (χ2n) is 3.93. The number of nitrogens with one attached hydrogen (secondary N) is 1. The molecular formula is C10H9BF5NO3. The Kier molecular flexibility index (Phi) is 4.40. The van der Waals surface area contributed by atoms with E-state index in [-0.39, 0.29) is 5.46 Å². The van der Waals surface area contributed by atoms with Crippen molar-refractivity contribution >= 4 is 24.2 Å². The first-order valence-corrected chi connectivity index (χ1v) is 5.19. The average molecular weight is 297 g/mol. The minimum atomic E-state index is -5.85. The minimum Gasteiger partial charge on any atom is -0.423 e. The molecule has 0 saturated heterocycles. The lowest BCUT2D eigenvalue weighted by Crippen LogP contribution is -2.36. The topological polar surface area (TPSA) is 69.6 Å². The van der Waals surface area contributed by atoms with Crippen LogP contribution in [0, 0.1) is 0 Å². The lowest BCUT2D eigenvalue weighted by atomic mass is 9.79. The molecule has 0 saturated carbocycles. The predicted octanol–water partition coefficient (Wildman–Crippen LogP) is 0.979. The zero-order chi connectivity index (χ0) is 15.7. The number of amides is 1. The summed E-state index contributed by atoms with van der Waals surface area (Å²) in [7, 11) is -2.07. The number of anilines is 1. The van der Waals surface area contributed by atoms with Crippen molar-refractivity contribution < 1.29 is 36.8 Å². The van der Waals surface area contributed by atoms with Crippen molar-refractivity contribution in [2.75, 3.05) is 5.32 Å². The fourth-order valence-corrected chi connectivity index (χ4v) is 1.44. The molecule has 20 heavy (non-hydrogen) atoms. The van der Waals surface area contributed by atoms with Crippen LogP contribution in [0.4, 0.5) is 27.6 Å². The van der Waals surface area contributed by atoms with E-state index < -0.39 is 36.4 Å². The molecule has 0 aromatic heterocycles. The Morgan fingerprint density at radius 1 is 1.20 bits per heavy atom. The Balaban J connectivity index is 3.42. The van der Waals surface area contributed by atoms with Crippen LogP contribution in [0.5, 0.6) is 0 Å². The summed E-state index contributed by atoms with van der Waals surface area (Å²) in [5.74, 6) is -6.07. The highest BCUT2D eigenvalue weighted by molar-refractivity contribution is 6.58. The summed E-state index contributed by atoms with van der Waals surface area (Å²) in [6.07, 6.45) is -5.85. The van der Waals surface area contributed by atoms with E-state index in [0.717, 1.165) is 6.92 Å². The Bertz CT molecular complexity index is 518. The van der Waals surface area contributed by atoms with Gasteiger partial charge in [0.15, 0.2) is 0 Å². The summed E-state index contributed by atoms with van der Waals surface area (Å²) in [5.41, 5.74) is -2.66. The van der Waals surface area contributed by atoms with Gasteiger partial charge in [0, 0.05) is 12.6 Å². The summed E-state index contributed by atoms with van der Waals surface area (Å²) in [6.45, 7) is 0.914. The van der Waals surface area contributed by atoms with Crippen molar-refractivity contribution in [3.63, 3.8) is 0 Å². The van der Waals surface area contributed by atoms with Crippen LogP contribution in [0.1, 0.15) is 12.5 Å². The maximum absolute atomic E-state index is 13.3. The van der Waals surface area contributed by atoms with Crippen molar-refractivity contribution in [2.24, 2.45) is 0 Å². The third-order valence-corrected chi connectivity index (χ3v) is 2.35. The highest BCUT2D eigenvalue weighted by atomic mass is 19.4. The Labute approximate surface area is 110 Å². The molecule has 0 fully saturated rings. The normalized spacial score (nSPS) is 12.2. The summed E-state index contributed by atoms with van der Waals surface area (Å²) < 4.78 is 63.6. The van der Waals surface area contributed by atoms with Crippen LogP contribution in [0.25, 0.3) is 0 Å². The summed E-state index contributed by atoms with van der Waals surface area (Å²) >= 11 is 0. The van der Waals surface area contributed by atoms with Gasteiger partial charge in [0.05, 0.1) is 5.56 Å². The van der Waals surface area contributed by atoms with E-state index in [2.05, 4.69) is 0 Å². The molecule has 10 heteroatoms. The molecule has 4 nitrogen and oxygen atoms in total. The minimum absolute atomic E-state index is 0.338. The number of hydrogen-bond acceptors (Lipinski definition) is 3. The molecule has 1 amide bonds. The first-order valence-electron chi connectivity index (χ1n) is 5.19. The van der Waals surface area contributed by atoms with Gasteiger partial charge < -0.3 is 15.4 Å². The largest absolute Gasteiger partial charge is 0.488 e. The van der Waals surface area contributed by atoms with E-state index >= 15 is 0 Å². The predicted molar refractivity (Wildman–Crippen MR) is 60.5 cm³/mol. The van der Waals surface area contributed by atoms with Gasteiger partial charge in [-0.05, 0) is 11.5 Å². The lowest BCUT2D eigenvalue weighted by molar-refractivity contribution is -0.289. The molecule has 3 N–H and O–H groups in total. The molecule has 0 radical (unpaired) electrons. The maximum atomic E-state index is 13.3. The SMILES string of the molecule is CC(=O)Nc1cc(B(O)O)ccc1C(F)(F)C(F)(F)F. The molecule has 0 heterocycles. The standard InChI is InChI=1S/C10H9BF5NO3/c1-5(18)17-8-4-6(11(19)20)2-3-7(8)9(12,13)10(14,15)16/h2-4,19-20H,1H3,(H,17,18). The van der Waals surface area contributed by atoms with Crippen LogP contribution in [0.15, 0.2) is 18.2 Å². The zero-order valence-corrected chi connectivity index (χ0v) is 10.0. The van der Waals surface area contributed by atoms with E-state index in [9.17, 15) is 26.7 Å². The molecule has 0 bridgehead atoms. The first-order chi connectivity index (χ1) is 8.96. The Hall–Kier alpha value is -1.68. The highest BCUT2D eigenvalue weighted by Gasteiger charge is 2.59. The lowest BCUT2D eigenvalue weighted by Gasteiger charge is -2.23. The number of halogens is 5. The first kappa shape index (κ1) is 16.4. The van der Waals surface area contributed by atoms with Gasteiger partial charge in [0.25, 0.3) is 0 Å². The van der Waals surface area contributed by atoms with Crippen molar-refractivity contribution in [1.29, 1.82) is 0 Å². The molecule has 1 aromatic rings. The van der Waals surface area contributed by atoms with E-state index in [1.54, 1.807) is 5.32 Å². The number of hydrogen-bond donors (Lipinski definition) is 3. The molecule has 0 atom stereocenters. The second kappa shape index (κ2) is 5.37. The summed E-state index contributed by atoms with van der Waals surface area (Å²) in [6, 6.07) is 1.72. The molecule has 0 aliphatic carbocycles. The van der Waals surface area contributed by atoms with Crippen molar-refractivity contribution in [2.45, 2.75) is 19.0 Å². The summed E-state index contributed by atoms with van der Waals surface area (Å²) in [5, 5.41) is 19.5. The third kappa shape index (κ3) is 3.25. The van der Waals surface area contributed by atoms with Crippen molar-refractivity contribution in [1.82, 2.24) is 0 Å². The van der Waals surface area contributed by atoms with Gasteiger partial charge in [-0.25, -0.2) is 0 Å². The van der Waals surface area contributed by atoms with E-state index in [1.165, 1.54) is 0 Å². The number of carbonyl (C=O) groups excluding carboxylic acids is 1. The molecule has 1 aromatic carbocycles. The quantitative estimate of drug-likeness (QED) is 0.575.